The molecule has 1 aromatic rings. The number of nitrogens with zero attached hydrogens (tertiary/aromatic N) is 1. The summed E-state index contributed by atoms with van der Waals surface area (Å²) in [6, 6.07) is 0. The molecule has 12 heavy (non-hydrogen) atoms. The third-order valence-corrected chi connectivity index (χ3v) is 4.11. The van der Waals surface area contributed by atoms with E-state index in [9.17, 15) is 0 Å². The second-order valence-corrected chi connectivity index (χ2v) is 4.90. The van der Waals surface area contributed by atoms with E-state index < -0.39 is 0 Å². The van der Waals surface area contributed by atoms with Crippen LogP contribution >= 0.6 is 23.1 Å². The van der Waals surface area contributed by atoms with E-state index in [4.69, 9.17) is 0 Å². The van der Waals surface area contributed by atoms with Crippen LogP contribution in [0.3, 0.4) is 0 Å². The molecule has 0 bridgehead atoms. The summed E-state index contributed by atoms with van der Waals surface area (Å²) >= 11 is 3.71. The van der Waals surface area contributed by atoms with Crippen LogP contribution in [0.5, 0.6) is 0 Å². The molecule has 0 aliphatic rings. The minimum Gasteiger partial charge on any atom is -0.250 e. The van der Waals surface area contributed by atoms with Gasteiger partial charge < -0.3 is 0 Å². The molecule has 0 aliphatic heterocycles. The molecule has 1 rings (SSSR count). The average Bonchev–Trinajstić information content (AvgIpc) is 2.47. The first-order chi connectivity index (χ1) is 5.79. The molecule has 0 aliphatic carbocycles. The summed E-state index contributed by atoms with van der Waals surface area (Å²) in [6.45, 7) is 8.22. The van der Waals surface area contributed by atoms with E-state index >= 15 is 0 Å². The molecule has 67 valence electrons. The van der Waals surface area contributed by atoms with Gasteiger partial charge in [-0.3, -0.25) is 0 Å². The number of thiazole rings is 1. The lowest BCUT2D eigenvalue weighted by atomic mass is 10.2. The fraction of sp³-hybridized carbons (Fsp3) is 0.556. The van der Waals surface area contributed by atoms with Crippen LogP contribution in [0.15, 0.2) is 5.51 Å². The van der Waals surface area contributed by atoms with E-state index in [-0.39, 0.29) is 0 Å². The van der Waals surface area contributed by atoms with Crippen molar-refractivity contribution in [1.29, 1.82) is 0 Å². The molecule has 0 N–H and O–H groups in total. The van der Waals surface area contributed by atoms with E-state index in [2.05, 4.69) is 25.8 Å². The van der Waals surface area contributed by atoms with Crippen LogP contribution in [0.2, 0.25) is 0 Å². The molecule has 0 saturated heterocycles. The number of rotatable bonds is 4. The first-order valence-corrected chi connectivity index (χ1v) is 6.03. The van der Waals surface area contributed by atoms with Crippen molar-refractivity contribution in [1.82, 2.24) is 4.98 Å². The van der Waals surface area contributed by atoms with Gasteiger partial charge in [0.25, 0.3) is 0 Å². The van der Waals surface area contributed by atoms with E-state index in [1.807, 2.05) is 17.3 Å². The molecule has 1 heterocycles. The highest BCUT2D eigenvalue weighted by Gasteiger charge is 2.13. The maximum atomic E-state index is 4.25. The predicted octanol–water partition coefficient (Wildman–Crippen LogP) is 3.47. The van der Waals surface area contributed by atoms with E-state index in [0.717, 1.165) is 12.2 Å². The average molecular weight is 200 g/mol. The highest BCUT2D eigenvalue weighted by atomic mass is 32.2. The van der Waals surface area contributed by atoms with Gasteiger partial charge in [0.1, 0.15) is 0 Å². The highest BCUT2D eigenvalue weighted by Crippen LogP contribution is 2.35. The fourth-order valence-corrected chi connectivity index (χ4v) is 3.19. The molecule has 1 unspecified atom stereocenters. The zero-order valence-corrected chi connectivity index (χ0v) is 9.17. The molecule has 0 saturated carbocycles. The first kappa shape index (κ1) is 10.1. The van der Waals surface area contributed by atoms with Crippen LogP contribution < -0.4 is 0 Å². The second-order valence-electron chi connectivity index (χ2n) is 2.53. The van der Waals surface area contributed by atoms with E-state index in [1.165, 1.54) is 10.6 Å². The molecule has 0 fully saturated rings. The molecule has 3 heteroatoms. The monoisotopic (exact) mass is 200 g/mol. The molecule has 0 spiro atoms. The Bertz CT molecular complexity index is 232. The van der Waals surface area contributed by atoms with Crippen LogP contribution in [0.1, 0.15) is 29.2 Å². The minimum atomic E-state index is 0.558. The van der Waals surface area contributed by atoms with Crippen molar-refractivity contribution in [3.8, 4) is 0 Å². The SMILES string of the molecule is [CH2]CC(SCC)c1scnc1C. The largest absolute Gasteiger partial charge is 0.250 e. The molecule has 0 amide bonds. The summed E-state index contributed by atoms with van der Waals surface area (Å²) in [4.78, 5) is 5.64. The fourth-order valence-electron chi connectivity index (χ4n) is 1.11. The summed E-state index contributed by atoms with van der Waals surface area (Å²) < 4.78 is 0. The van der Waals surface area contributed by atoms with Gasteiger partial charge in [0, 0.05) is 10.1 Å². The standard InChI is InChI=1S/C9H14NS2/c1-4-8(11-5-2)9-7(3)10-6-12-9/h6,8H,1,4-5H2,2-3H3. The molecular formula is C9H14NS2. The Morgan fingerprint density at radius 3 is 2.92 bits per heavy atom. The maximum Gasteiger partial charge on any atom is 0.0797 e. The normalized spacial score (nSPS) is 13.2. The second kappa shape index (κ2) is 4.87. The third kappa shape index (κ3) is 2.23. The summed E-state index contributed by atoms with van der Waals surface area (Å²) in [5, 5.41) is 0.558. The molecular weight excluding hydrogens is 186 g/mol. The molecule has 1 atom stereocenters. The van der Waals surface area contributed by atoms with Gasteiger partial charge in [-0.25, -0.2) is 4.98 Å². The van der Waals surface area contributed by atoms with Gasteiger partial charge in [0.2, 0.25) is 0 Å². The van der Waals surface area contributed by atoms with Crippen molar-refractivity contribution in [3.63, 3.8) is 0 Å². The number of aryl methyl sites for hydroxylation is 1. The number of thioether (sulfide) groups is 1. The molecule has 1 nitrogen and oxygen atoms in total. The Morgan fingerprint density at radius 1 is 1.75 bits per heavy atom. The zero-order valence-electron chi connectivity index (χ0n) is 7.54. The van der Waals surface area contributed by atoms with Gasteiger partial charge in [-0.2, -0.15) is 11.8 Å². The Hall–Kier alpha value is -0.0200. The van der Waals surface area contributed by atoms with Gasteiger partial charge in [0.05, 0.1) is 11.2 Å². The van der Waals surface area contributed by atoms with Gasteiger partial charge in [-0.1, -0.05) is 13.8 Å². The molecule has 1 radical (unpaired) electrons. The van der Waals surface area contributed by atoms with Crippen molar-refractivity contribution in [2.24, 2.45) is 0 Å². The first-order valence-electron chi connectivity index (χ1n) is 4.10. The predicted molar refractivity (Wildman–Crippen MR) is 57.7 cm³/mol. The van der Waals surface area contributed by atoms with Crippen LogP contribution in [-0.2, 0) is 0 Å². The summed E-state index contributed by atoms with van der Waals surface area (Å²) in [5.41, 5.74) is 3.10. The topological polar surface area (TPSA) is 12.9 Å². The minimum absolute atomic E-state index is 0.558. The van der Waals surface area contributed by atoms with E-state index in [1.54, 1.807) is 11.3 Å². The van der Waals surface area contributed by atoms with Crippen LogP contribution in [0.4, 0.5) is 0 Å². The third-order valence-electron chi connectivity index (χ3n) is 1.71. The van der Waals surface area contributed by atoms with Gasteiger partial charge in [0.15, 0.2) is 0 Å². The van der Waals surface area contributed by atoms with Crippen molar-refractivity contribution < 1.29 is 0 Å². The Labute approximate surface area is 82.6 Å². The summed E-state index contributed by atoms with van der Waals surface area (Å²) in [7, 11) is 0. The lowest BCUT2D eigenvalue weighted by Crippen LogP contribution is -1.92. The Balaban J connectivity index is 2.72. The highest BCUT2D eigenvalue weighted by molar-refractivity contribution is 7.99. The van der Waals surface area contributed by atoms with Gasteiger partial charge in [-0.05, 0) is 19.1 Å². The van der Waals surface area contributed by atoms with Crippen molar-refractivity contribution >= 4 is 23.1 Å². The maximum absolute atomic E-state index is 4.25. The number of aromatic nitrogens is 1. The molecule has 1 aromatic heterocycles. The van der Waals surface area contributed by atoms with Crippen molar-refractivity contribution in [2.45, 2.75) is 25.5 Å². The van der Waals surface area contributed by atoms with Crippen LogP contribution in [0, 0.1) is 13.8 Å². The van der Waals surface area contributed by atoms with E-state index in [0.29, 0.717) is 5.25 Å². The lowest BCUT2D eigenvalue weighted by Gasteiger charge is -2.11. The van der Waals surface area contributed by atoms with Crippen molar-refractivity contribution in [3.05, 3.63) is 23.0 Å². The van der Waals surface area contributed by atoms with Gasteiger partial charge in [-0.15, -0.1) is 11.3 Å². The smallest absolute Gasteiger partial charge is 0.0797 e. The van der Waals surface area contributed by atoms with Gasteiger partial charge >= 0.3 is 0 Å². The Morgan fingerprint density at radius 2 is 2.50 bits per heavy atom. The summed E-state index contributed by atoms with van der Waals surface area (Å²) in [6.07, 6.45) is 0.960. The molecule has 0 aromatic carbocycles. The van der Waals surface area contributed by atoms with Crippen LogP contribution in [0.25, 0.3) is 0 Å². The van der Waals surface area contributed by atoms with Crippen LogP contribution in [-0.4, -0.2) is 10.7 Å². The summed E-state index contributed by atoms with van der Waals surface area (Å²) in [5.74, 6) is 1.15. The zero-order chi connectivity index (χ0) is 8.97. The lowest BCUT2D eigenvalue weighted by molar-refractivity contribution is 0.968. The number of hydrogen-bond acceptors (Lipinski definition) is 3. The quantitative estimate of drug-likeness (QED) is 0.738. The van der Waals surface area contributed by atoms with Crippen molar-refractivity contribution in [2.75, 3.05) is 5.75 Å². The number of hydrogen-bond donors (Lipinski definition) is 0. The Kier molecular flexibility index (Phi) is 4.09.